The van der Waals surface area contributed by atoms with E-state index in [1.54, 1.807) is 0 Å². The molecule has 0 aliphatic carbocycles. The summed E-state index contributed by atoms with van der Waals surface area (Å²) in [5, 5.41) is 3.05. The highest BCUT2D eigenvalue weighted by Crippen LogP contribution is 2.16. The minimum atomic E-state index is 0.0279. The molecule has 0 saturated carbocycles. The van der Waals surface area contributed by atoms with Crippen molar-refractivity contribution in [2.75, 3.05) is 44.6 Å². The van der Waals surface area contributed by atoms with E-state index in [4.69, 9.17) is 0 Å². The summed E-state index contributed by atoms with van der Waals surface area (Å²) in [5.41, 5.74) is 2.06. The predicted octanol–water partition coefficient (Wildman–Crippen LogP) is 3.23. The van der Waals surface area contributed by atoms with Crippen LogP contribution in [0, 0.1) is 0 Å². The molecule has 1 N–H and O–H groups in total. The van der Waals surface area contributed by atoms with Gasteiger partial charge in [-0.3, -0.25) is 19.4 Å². The Morgan fingerprint density at radius 2 is 1.47 bits per heavy atom. The first-order valence-corrected chi connectivity index (χ1v) is 11.5. The van der Waals surface area contributed by atoms with Gasteiger partial charge in [-0.2, -0.15) is 0 Å². The van der Waals surface area contributed by atoms with Gasteiger partial charge in [0.2, 0.25) is 11.8 Å². The van der Waals surface area contributed by atoms with E-state index in [-0.39, 0.29) is 23.9 Å². The molecule has 1 heterocycles. The lowest BCUT2D eigenvalue weighted by molar-refractivity contribution is -0.137. The highest BCUT2D eigenvalue weighted by molar-refractivity contribution is 5.93. The fraction of sp³-hybridized carbons (Fsp3) is 0.667. The fourth-order valence-corrected chi connectivity index (χ4v) is 4.04. The Kier molecular flexibility index (Phi) is 9.79. The van der Waals surface area contributed by atoms with Crippen LogP contribution in [0.25, 0.3) is 0 Å². The van der Waals surface area contributed by atoms with E-state index in [0.29, 0.717) is 13.1 Å². The van der Waals surface area contributed by atoms with Crippen molar-refractivity contribution in [3.05, 3.63) is 29.8 Å². The van der Waals surface area contributed by atoms with Crippen molar-refractivity contribution in [1.82, 2.24) is 14.7 Å². The molecular weight excluding hydrogens is 376 g/mol. The molecule has 1 aliphatic heterocycles. The lowest BCUT2D eigenvalue weighted by atomic mass is 10.1. The van der Waals surface area contributed by atoms with Crippen LogP contribution in [0.3, 0.4) is 0 Å². The summed E-state index contributed by atoms with van der Waals surface area (Å²) < 4.78 is 0. The van der Waals surface area contributed by atoms with Crippen LogP contribution < -0.4 is 5.32 Å². The van der Waals surface area contributed by atoms with Crippen molar-refractivity contribution < 1.29 is 9.59 Å². The summed E-state index contributed by atoms with van der Waals surface area (Å²) >= 11 is 0. The van der Waals surface area contributed by atoms with E-state index >= 15 is 0 Å². The average molecular weight is 417 g/mol. The van der Waals surface area contributed by atoms with Crippen molar-refractivity contribution in [2.24, 2.45) is 0 Å². The Labute approximate surface area is 182 Å². The number of nitrogens with zero attached hydrogens (tertiary/aromatic N) is 3. The van der Waals surface area contributed by atoms with Crippen LogP contribution in [0.4, 0.5) is 5.69 Å². The van der Waals surface area contributed by atoms with Gasteiger partial charge in [-0.1, -0.05) is 39.0 Å². The minimum Gasteiger partial charge on any atom is -0.336 e. The number of para-hydroxylation sites is 1. The number of amides is 2. The number of aryl methyl sites for hydroxylation is 1. The number of anilines is 1. The summed E-state index contributed by atoms with van der Waals surface area (Å²) in [6.07, 6.45) is 2.84. The van der Waals surface area contributed by atoms with Gasteiger partial charge in [0.15, 0.2) is 0 Å². The van der Waals surface area contributed by atoms with Gasteiger partial charge >= 0.3 is 0 Å². The molecule has 1 saturated heterocycles. The average Bonchev–Trinajstić information content (AvgIpc) is 2.75. The minimum absolute atomic E-state index is 0.0279. The lowest BCUT2D eigenvalue weighted by Crippen LogP contribution is -2.53. The monoisotopic (exact) mass is 416 g/mol. The maximum absolute atomic E-state index is 12.9. The Morgan fingerprint density at radius 1 is 0.933 bits per heavy atom. The molecule has 0 unspecified atom stereocenters. The first kappa shape index (κ1) is 24.4. The van der Waals surface area contributed by atoms with Gasteiger partial charge in [0.25, 0.3) is 0 Å². The third-order valence-corrected chi connectivity index (χ3v) is 6.28. The summed E-state index contributed by atoms with van der Waals surface area (Å²) in [4.78, 5) is 31.9. The molecule has 30 heavy (non-hydrogen) atoms. The second kappa shape index (κ2) is 12.1. The molecule has 1 aromatic carbocycles. The van der Waals surface area contributed by atoms with Crippen molar-refractivity contribution in [1.29, 1.82) is 0 Å². The molecule has 0 radical (unpaired) electrons. The van der Waals surface area contributed by atoms with Crippen LogP contribution in [-0.4, -0.2) is 77.9 Å². The number of benzene rings is 1. The summed E-state index contributed by atoms with van der Waals surface area (Å²) in [7, 11) is 0. The predicted molar refractivity (Wildman–Crippen MR) is 124 cm³/mol. The van der Waals surface area contributed by atoms with Gasteiger partial charge in [-0.15, -0.1) is 0 Å². The van der Waals surface area contributed by atoms with E-state index in [1.807, 2.05) is 24.3 Å². The molecular formula is C24H40N4O2. The first-order chi connectivity index (χ1) is 14.4. The van der Waals surface area contributed by atoms with Crippen LogP contribution in [0.2, 0.25) is 0 Å². The van der Waals surface area contributed by atoms with Gasteiger partial charge in [0.1, 0.15) is 0 Å². The van der Waals surface area contributed by atoms with Gasteiger partial charge in [-0.25, -0.2) is 0 Å². The van der Waals surface area contributed by atoms with E-state index < -0.39 is 0 Å². The van der Waals surface area contributed by atoms with Crippen LogP contribution in [0.1, 0.15) is 53.0 Å². The third kappa shape index (κ3) is 6.81. The van der Waals surface area contributed by atoms with Crippen molar-refractivity contribution >= 4 is 17.5 Å². The van der Waals surface area contributed by atoms with Crippen molar-refractivity contribution in [3.8, 4) is 0 Å². The zero-order valence-electron chi connectivity index (χ0n) is 19.5. The SMILES string of the molecule is CCc1ccccc1NC(=O)CN1CCN(CC(=O)N([C@H](C)CC)[C@H](C)CC)CC1. The summed E-state index contributed by atoms with van der Waals surface area (Å²) in [6.45, 7) is 14.8. The topological polar surface area (TPSA) is 55.9 Å². The van der Waals surface area contributed by atoms with Gasteiger partial charge < -0.3 is 10.2 Å². The zero-order valence-corrected chi connectivity index (χ0v) is 19.5. The van der Waals surface area contributed by atoms with Gasteiger partial charge in [-0.05, 0) is 44.7 Å². The molecule has 2 amide bonds. The van der Waals surface area contributed by atoms with E-state index in [2.05, 4.69) is 54.6 Å². The molecule has 1 aromatic rings. The van der Waals surface area contributed by atoms with E-state index in [0.717, 1.165) is 56.7 Å². The molecule has 168 valence electrons. The Bertz CT molecular complexity index is 676. The van der Waals surface area contributed by atoms with Crippen molar-refractivity contribution in [2.45, 2.75) is 66.0 Å². The molecule has 6 nitrogen and oxygen atoms in total. The number of rotatable bonds is 10. The largest absolute Gasteiger partial charge is 0.336 e. The quantitative estimate of drug-likeness (QED) is 0.636. The first-order valence-electron chi connectivity index (χ1n) is 11.5. The third-order valence-electron chi connectivity index (χ3n) is 6.28. The fourth-order valence-electron chi connectivity index (χ4n) is 4.04. The Balaban J connectivity index is 1.81. The highest BCUT2D eigenvalue weighted by Gasteiger charge is 2.27. The summed E-state index contributed by atoms with van der Waals surface area (Å²) in [6, 6.07) is 8.49. The molecule has 2 atom stereocenters. The normalized spacial score (nSPS) is 17.4. The number of carbonyl (C=O) groups excluding carboxylic acids is 2. The molecule has 0 bridgehead atoms. The van der Waals surface area contributed by atoms with Crippen LogP contribution in [0.5, 0.6) is 0 Å². The number of carbonyl (C=O) groups is 2. The second-order valence-electron chi connectivity index (χ2n) is 8.43. The standard InChI is InChI=1S/C24H40N4O2/c1-6-19(4)28(20(5)7-2)24(30)18-27-15-13-26(14-16-27)17-23(29)25-22-12-10-9-11-21(22)8-3/h9-12,19-20H,6-8,13-18H2,1-5H3,(H,25,29)/t19-,20-/m1/s1. The molecule has 0 aromatic heterocycles. The van der Waals surface area contributed by atoms with Crippen LogP contribution >= 0.6 is 0 Å². The molecule has 1 aliphatic rings. The van der Waals surface area contributed by atoms with Crippen molar-refractivity contribution in [3.63, 3.8) is 0 Å². The van der Waals surface area contributed by atoms with E-state index in [1.165, 1.54) is 0 Å². The molecule has 1 fully saturated rings. The lowest BCUT2D eigenvalue weighted by Gasteiger charge is -2.38. The molecule has 2 rings (SSSR count). The Morgan fingerprint density at radius 3 is 2.00 bits per heavy atom. The number of hydrogen-bond acceptors (Lipinski definition) is 4. The highest BCUT2D eigenvalue weighted by atomic mass is 16.2. The van der Waals surface area contributed by atoms with E-state index in [9.17, 15) is 9.59 Å². The van der Waals surface area contributed by atoms with Crippen LogP contribution in [0.15, 0.2) is 24.3 Å². The smallest absolute Gasteiger partial charge is 0.238 e. The Hall–Kier alpha value is -1.92. The van der Waals surface area contributed by atoms with Crippen LogP contribution in [-0.2, 0) is 16.0 Å². The number of nitrogens with one attached hydrogen (secondary N) is 1. The number of hydrogen-bond donors (Lipinski definition) is 1. The summed E-state index contributed by atoms with van der Waals surface area (Å²) in [5.74, 6) is 0.251. The maximum atomic E-state index is 12.9. The van der Waals surface area contributed by atoms with Gasteiger partial charge in [0, 0.05) is 44.0 Å². The number of piperazine rings is 1. The van der Waals surface area contributed by atoms with Gasteiger partial charge in [0.05, 0.1) is 13.1 Å². The maximum Gasteiger partial charge on any atom is 0.238 e. The molecule has 6 heteroatoms. The second-order valence-corrected chi connectivity index (χ2v) is 8.43. The molecule has 0 spiro atoms. The zero-order chi connectivity index (χ0) is 22.1.